The molecule has 0 radical (unpaired) electrons. The van der Waals surface area contributed by atoms with Crippen LogP contribution in [-0.4, -0.2) is 11.2 Å². The first-order chi connectivity index (χ1) is 4.83. The lowest BCUT2D eigenvalue weighted by Gasteiger charge is -2.06. The molecule has 2 atom stereocenters. The van der Waals surface area contributed by atoms with E-state index in [-0.39, 0.29) is 6.10 Å². The zero-order valence-electron chi connectivity index (χ0n) is 6.84. The minimum absolute atomic E-state index is 0.0295. The van der Waals surface area contributed by atoms with Gasteiger partial charge in [-0.3, -0.25) is 0 Å². The van der Waals surface area contributed by atoms with Gasteiger partial charge in [0, 0.05) is 0 Å². The molecule has 1 saturated carbocycles. The highest BCUT2D eigenvalue weighted by atomic mass is 16.3. The van der Waals surface area contributed by atoms with Crippen LogP contribution in [0.4, 0.5) is 0 Å². The molecule has 0 bridgehead atoms. The van der Waals surface area contributed by atoms with Crippen molar-refractivity contribution in [3.63, 3.8) is 0 Å². The zero-order valence-corrected chi connectivity index (χ0v) is 6.84. The van der Waals surface area contributed by atoms with E-state index in [9.17, 15) is 5.11 Å². The standard InChI is InChI=1S/C9H18O/c1-2-3-4-8-5-6-9(10)7-8/h8-10H,2-7H2,1H3/t8-,9?/m0/s1. The largest absolute Gasteiger partial charge is 0.393 e. The molecule has 1 N–H and O–H groups in total. The maximum Gasteiger partial charge on any atom is 0.0543 e. The van der Waals surface area contributed by atoms with Crippen LogP contribution in [0.15, 0.2) is 0 Å². The van der Waals surface area contributed by atoms with E-state index in [1.165, 1.54) is 25.7 Å². The normalized spacial score (nSPS) is 33.0. The van der Waals surface area contributed by atoms with Crippen LogP contribution in [0, 0.1) is 5.92 Å². The minimum atomic E-state index is 0.0295. The molecule has 1 unspecified atom stereocenters. The van der Waals surface area contributed by atoms with Crippen molar-refractivity contribution < 1.29 is 5.11 Å². The van der Waals surface area contributed by atoms with Gasteiger partial charge in [-0.05, 0) is 25.2 Å². The van der Waals surface area contributed by atoms with Gasteiger partial charge in [-0.1, -0.05) is 26.2 Å². The van der Waals surface area contributed by atoms with Gasteiger partial charge >= 0.3 is 0 Å². The minimum Gasteiger partial charge on any atom is -0.393 e. The molecule has 0 aromatic carbocycles. The van der Waals surface area contributed by atoms with Crippen LogP contribution >= 0.6 is 0 Å². The number of rotatable bonds is 3. The summed E-state index contributed by atoms with van der Waals surface area (Å²) in [4.78, 5) is 0. The summed E-state index contributed by atoms with van der Waals surface area (Å²) in [6, 6.07) is 0. The van der Waals surface area contributed by atoms with E-state index >= 15 is 0 Å². The summed E-state index contributed by atoms with van der Waals surface area (Å²) in [5.41, 5.74) is 0. The van der Waals surface area contributed by atoms with Crippen molar-refractivity contribution in [2.45, 2.75) is 51.6 Å². The third-order valence-electron chi connectivity index (χ3n) is 2.48. The van der Waals surface area contributed by atoms with Crippen LogP contribution in [0.1, 0.15) is 45.4 Å². The second-order valence-corrected chi connectivity index (χ2v) is 3.48. The van der Waals surface area contributed by atoms with Crippen molar-refractivity contribution in [1.82, 2.24) is 0 Å². The predicted octanol–water partition coefficient (Wildman–Crippen LogP) is 2.34. The smallest absolute Gasteiger partial charge is 0.0543 e. The fourth-order valence-electron chi connectivity index (χ4n) is 1.80. The maximum atomic E-state index is 9.20. The third-order valence-corrected chi connectivity index (χ3v) is 2.48. The second kappa shape index (κ2) is 3.97. The van der Waals surface area contributed by atoms with Crippen molar-refractivity contribution in [2.24, 2.45) is 5.92 Å². The van der Waals surface area contributed by atoms with Gasteiger partial charge in [0.1, 0.15) is 0 Å². The Kier molecular flexibility index (Phi) is 3.20. The molecule has 1 heteroatoms. The van der Waals surface area contributed by atoms with Crippen molar-refractivity contribution in [1.29, 1.82) is 0 Å². The van der Waals surface area contributed by atoms with Gasteiger partial charge in [0.25, 0.3) is 0 Å². The molecule has 0 aromatic heterocycles. The highest BCUT2D eigenvalue weighted by molar-refractivity contribution is 4.74. The molecular formula is C9H18O. The summed E-state index contributed by atoms with van der Waals surface area (Å²) in [7, 11) is 0. The fraction of sp³-hybridized carbons (Fsp3) is 1.00. The Bertz CT molecular complexity index is 90.7. The van der Waals surface area contributed by atoms with Crippen LogP contribution in [-0.2, 0) is 0 Å². The molecular weight excluding hydrogens is 124 g/mol. The molecule has 1 fully saturated rings. The van der Waals surface area contributed by atoms with Gasteiger partial charge in [-0.25, -0.2) is 0 Å². The van der Waals surface area contributed by atoms with Crippen LogP contribution in [0.5, 0.6) is 0 Å². The van der Waals surface area contributed by atoms with Gasteiger partial charge in [0.2, 0.25) is 0 Å². The third kappa shape index (κ3) is 2.30. The Labute approximate surface area is 63.4 Å². The Balaban J connectivity index is 2.06. The molecule has 0 heterocycles. The maximum absolute atomic E-state index is 9.20. The van der Waals surface area contributed by atoms with Crippen LogP contribution in [0.25, 0.3) is 0 Å². The Hall–Kier alpha value is -0.0400. The number of aliphatic hydroxyl groups excluding tert-OH is 1. The van der Waals surface area contributed by atoms with Crippen LogP contribution < -0.4 is 0 Å². The lowest BCUT2D eigenvalue weighted by Crippen LogP contribution is -1.99. The van der Waals surface area contributed by atoms with E-state index in [1.807, 2.05) is 0 Å². The van der Waals surface area contributed by atoms with Gasteiger partial charge in [0.05, 0.1) is 6.10 Å². The fourth-order valence-corrected chi connectivity index (χ4v) is 1.80. The monoisotopic (exact) mass is 142 g/mol. The molecule has 1 aliphatic rings. The molecule has 0 spiro atoms. The molecule has 60 valence electrons. The average Bonchev–Trinajstić information content (AvgIpc) is 2.31. The van der Waals surface area contributed by atoms with Gasteiger partial charge in [0.15, 0.2) is 0 Å². The van der Waals surface area contributed by atoms with Gasteiger partial charge in [-0.15, -0.1) is 0 Å². The van der Waals surface area contributed by atoms with Gasteiger partial charge in [-0.2, -0.15) is 0 Å². The highest BCUT2D eigenvalue weighted by Crippen LogP contribution is 2.29. The molecule has 0 saturated heterocycles. The van der Waals surface area contributed by atoms with E-state index in [0.29, 0.717) is 0 Å². The Morgan fingerprint density at radius 3 is 2.70 bits per heavy atom. The van der Waals surface area contributed by atoms with Crippen LogP contribution in [0.2, 0.25) is 0 Å². The average molecular weight is 142 g/mol. The number of unbranched alkanes of at least 4 members (excludes halogenated alkanes) is 1. The first-order valence-corrected chi connectivity index (χ1v) is 4.51. The SMILES string of the molecule is CCCC[C@H]1CCC(O)C1. The number of aliphatic hydroxyl groups is 1. The topological polar surface area (TPSA) is 20.2 Å². The molecule has 0 aliphatic heterocycles. The van der Waals surface area contributed by atoms with Crippen LogP contribution in [0.3, 0.4) is 0 Å². The lowest BCUT2D eigenvalue weighted by molar-refractivity contribution is 0.176. The molecule has 10 heavy (non-hydrogen) atoms. The number of hydrogen-bond acceptors (Lipinski definition) is 1. The molecule has 0 aromatic rings. The Morgan fingerprint density at radius 1 is 1.40 bits per heavy atom. The summed E-state index contributed by atoms with van der Waals surface area (Å²) < 4.78 is 0. The van der Waals surface area contributed by atoms with E-state index < -0.39 is 0 Å². The Morgan fingerprint density at radius 2 is 2.20 bits per heavy atom. The van der Waals surface area contributed by atoms with Crippen molar-refractivity contribution in [3.8, 4) is 0 Å². The first-order valence-electron chi connectivity index (χ1n) is 4.51. The summed E-state index contributed by atoms with van der Waals surface area (Å²) >= 11 is 0. The molecule has 1 nitrogen and oxygen atoms in total. The van der Waals surface area contributed by atoms with Gasteiger partial charge < -0.3 is 5.11 Å². The van der Waals surface area contributed by atoms with E-state index in [1.54, 1.807) is 0 Å². The molecule has 1 aliphatic carbocycles. The van der Waals surface area contributed by atoms with E-state index in [0.717, 1.165) is 18.8 Å². The summed E-state index contributed by atoms with van der Waals surface area (Å²) in [5.74, 6) is 0.843. The zero-order chi connectivity index (χ0) is 7.40. The quantitative estimate of drug-likeness (QED) is 0.641. The van der Waals surface area contributed by atoms with Crippen molar-refractivity contribution in [3.05, 3.63) is 0 Å². The highest BCUT2D eigenvalue weighted by Gasteiger charge is 2.21. The first kappa shape index (κ1) is 8.06. The van der Waals surface area contributed by atoms with Crippen molar-refractivity contribution in [2.75, 3.05) is 0 Å². The number of hydrogen-bond donors (Lipinski definition) is 1. The lowest BCUT2D eigenvalue weighted by atomic mass is 10.0. The molecule has 1 rings (SSSR count). The molecule has 0 amide bonds. The van der Waals surface area contributed by atoms with E-state index in [4.69, 9.17) is 0 Å². The summed E-state index contributed by atoms with van der Waals surface area (Å²) in [6.07, 6.45) is 7.40. The predicted molar refractivity (Wildman–Crippen MR) is 42.9 cm³/mol. The van der Waals surface area contributed by atoms with Crippen molar-refractivity contribution >= 4 is 0 Å². The second-order valence-electron chi connectivity index (χ2n) is 3.48. The van der Waals surface area contributed by atoms with E-state index in [2.05, 4.69) is 6.92 Å². The summed E-state index contributed by atoms with van der Waals surface area (Å²) in [6.45, 7) is 2.23. The summed E-state index contributed by atoms with van der Waals surface area (Å²) in [5, 5.41) is 9.20.